The zero-order valence-electron chi connectivity index (χ0n) is 18.7. The van der Waals surface area contributed by atoms with Crippen LogP contribution < -0.4 is 4.90 Å². The van der Waals surface area contributed by atoms with Gasteiger partial charge >= 0.3 is 5.97 Å². The maximum atomic E-state index is 11.2. The molecule has 0 aromatic carbocycles. The third-order valence-corrected chi connectivity index (χ3v) is 7.00. The Bertz CT molecular complexity index is 525. The maximum Gasteiger partial charge on any atom is 0.302 e. The molecule has 2 aliphatic carbocycles. The summed E-state index contributed by atoms with van der Waals surface area (Å²) in [7, 11) is 0. The highest BCUT2D eigenvalue weighted by Gasteiger charge is 2.34. The Morgan fingerprint density at radius 3 is 1.78 bits per heavy atom. The lowest BCUT2D eigenvalue weighted by molar-refractivity contribution is -0.908. The van der Waals surface area contributed by atoms with E-state index in [0.29, 0.717) is 30.3 Å². The number of rotatable bonds is 7. The van der Waals surface area contributed by atoms with Gasteiger partial charge in [-0.05, 0) is 50.4 Å². The number of hydrogen-bond donors (Lipinski definition) is 1. The van der Waals surface area contributed by atoms with Crippen LogP contribution in [0.4, 0.5) is 0 Å². The van der Waals surface area contributed by atoms with Crippen LogP contribution >= 0.6 is 0 Å². The van der Waals surface area contributed by atoms with Crippen molar-refractivity contribution in [3.05, 3.63) is 23.3 Å². The average Bonchev–Trinajstić information content (AvgIpc) is 2.53. The van der Waals surface area contributed by atoms with Crippen LogP contribution in [0, 0.1) is 35.5 Å². The van der Waals surface area contributed by atoms with E-state index >= 15 is 0 Å². The Morgan fingerprint density at radius 2 is 1.41 bits per heavy atom. The zero-order valence-corrected chi connectivity index (χ0v) is 18.7. The van der Waals surface area contributed by atoms with Crippen molar-refractivity contribution in [1.82, 2.24) is 0 Å². The number of quaternary nitrogens is 1. The predicted molar refractivity (Wildman–Crippen MR) is 113 cm³/mol. The first-order chi connectivity index (χ1) is 12.7. The Labute approximate surface area is 167 Å². The summed E-state index contributed by atoms with van der Waals surface area (Å²) in [4.78, 5) is 12.9. The summed E-state index contributed by atoms with van der Waals surface area (Å²) in [6, 6.07) is 0. The lowest BCUT2D eigenvalue weighted by atomic mass is 9.73. The summed E-state index contributed by atoms with van der Waals surface area (Å²) in [6.07, 6.45) is 7.41. The molecule has 154 valence electrons. The molecular formula is C24H42NO2+. The van der Waals surface area contributed by atoms with E-state index in [-0.39, 0.29) is 5.97 Å². The van der Waals surface area contributed by atoms with Crippen molar-refractivity contribution < 1.29 is 14.4 Å². The van der Waals surface area contributed by atoms with Crippen LogP contribution in [-0.2, 0) is 9.53 Å². The quantitative estimate of drug-likeness (QED) is 0.539. The summed E-state index contributed by atoms with van der Waals surface area (Å²) < 4.78 is 5.31. The number of ether oxygens (including phenoxy) is 1. The summed E-state index contributed by atoms with van der Waals surface area (Å²) in [5, 5.41) is 0. The van der Waals surface area contributed by atoms with Gasteiger partial charge in [0.15, 0.2) is 0 Å². The van der Waals surface area contributed by atoms with Gasteiger partial charge in [-0.1, -0.05) is 51.0 Å². The maximum absolute atomic E-state index is 11.2. The van der Waals surface area contributed by atoms with Crippen LogP contribution in [0.3, 0.4) is 0 Å². The van der Waals surface area contributed by atoms with E-state index in [2.05, 4.69) is 53.7 Å². The van der Waals surface area contributed by atoms with Crippen molar-refractivity contribution in [2.24, 2.45) is 35.5 Å². The highest BCUT2D eigenvalue weighted by Crippen LogP contribution is 2.34. The van der Waals surface area contributed by atoms with Gasteiger partial charge in [0.1, 0.15) is 13.2 Å². The Morgan fingerprint density at radius 1 is 0.963 bits per heavy atom. The van der Waals surface area contributed by atoms with Crippen molar-refractivity contribution in [2.45, 2.75) is 61.3 Å². The van der Waals surface area contributed by atoms with Gasteiger partial charge in [-0.3, -0.25) is 4.79 Å². The van der Waals surface area contributed by atoms with Crippen molar-refractivity contribution >= 4 is 5.97 Å². The number of hydrogen-bond acceptors (Lipinski definition) is 2. The number of esters is 1. The number of nitrogens with one attached hydrogen (secondary N) is 1. The average molecular weight is 377 g/mol. The van der Waals surface area contributed by atoms with Gasteiger partial charge in [0, 0.05) is 18.8 Å². The topological polar surface area (TPSA) is 30.7 Å². The molecular weight excluding hydrogens is 334 g/mol. The highest BCUT2D eigenvalue weighted by molar-refractivity contribution is 5.65. The molecule has 1 unspecified atom stereocenters. The molecule has 0 saturated heterocycles. The third-order valence-electron chi connectivity index (χ3n) is 7.00. The van der Waals surface area contributed by atoms with E-state index in [9.17, 15) is 4.79 Å². The van der Waals surface area contributed by atoms with E-state index in [1.54, 1.807) is 16.0 Å². The number of allylic oxidation sites excluding steroid dienone is 4. The van der Waals surface area contributed by atoms with Crippen molar-refractivity contribution in [3.8, 4) is 0 Å². The van der Waals surface area contributed by atoms with E-state index < -0.39 is 0 Å². The fourth-order valence-electron chi connectivity index (χ4n) is 5.70. The third kappa shape index (κ3) is 6.48. The normalized spacial score (nSPS) is 35.2. The first-order valence-electron chi connectivity index (χ1n) is 11.0. The molecule has 0 aromatic rings. The molecule has 0 aromatic heterocycles. The fraction of sp³-hybridized carbons (Fsp3) is 0.792. The minimum atomic E-state index is -0.162. The van der Waals surface area contributed by atoms with Gasteiger partial charge in [0.25, 0.3) is 0 Å². The van der Waals surface area contributed by atoms with Crippen LogP contribution in [-0.4, -0.2) is 32.2 Å². The van der Waals surface area contributed by atoms with Gasteiger partial charge < -0.3 is 9.64 Å². The van der Waals surface area contributed by atoms with Gasteiger partial charge in [0.2, 0.25) is 0 Å². The van der Waals surface area contributed by atoms with Crippen molar-refractivity contribution in [1.29, 1.82) is 0 Å². The molecule has 2 rings (SSSR count). The Kier molecular flexibility index (Phi) is 8.15. The van der Waals surface area contributed by atoms with Gasteiger partial charge in [0.05, 0.1) is 13.1 Å². The number of carbonyl (C=O) groups is 1. The molecule has 0 saturated carbocycles. The second-order valence-electron chi connectivity index (χ2n) is 9.68. The molecule has 0 heterocycles. The predicted octanol–water partition coefficient (Wildman–Crippen LogP) is 3.91. The molecule has 0 fully saturated rings. The number of carbonyl (C=O) groups excluding carboxylic acids is 1. The van der Waals surface area contributed by atoms with Crippen LogP contribution in [0.2, 0.25) is 0 Å². The molecule has 3 heteroatoms. The van der Waals surface area contributed by atoms with E-state index in [4.69, 9.17) is 4.74 Å². The van der Waals surface area contributed by atoms with Crippen LogP contribution in [0.1, 0.15) is 61.3 Å². The standard InChI is InChI=1S/C24H41NO2/c1-16-10-18(3)23(19(4)11-16)14-25(8-9-27-22(7)26)15-24-20(5)12-17(2)13-21(24)6/h10,12,18-21,23-24H,8-9,11,13-15H2,1-7H3/p+1/t18-,19-,20+,21-,23+,24+/m0/s1. The molecule has 0 radical (unpaired) electrons. The second kappa shape index (κ2) is 9.91. The second-order valence-corrected chi connectivity index (χ2v) is 9.68. The molecule has 1 N–H and O–H groups in total. The molecule has 7 atom stereocenters. The van der Waals surface area contributed by atoms with E-state index in [1.807, 2.05) is 0 Å². The van der Waals surface area contributed by atoms with Gasteiger partial charge in [-0.2, -0.15) is 0 Å². The largest absolute Gasteiger partial charge is 0.460 e. The van der Waals surface area contributed by atoms with Crippen LogP contribution in [0.25, 0.3) is 0 Å². The molecule has 0 spiro atoms. The van der Waals surface area contributed by atoms with Gasteiger partial charge in [-0.15, -0.1) is 0 Å². The fourth-order valence-corrected chi connectivity index (χ4v) is 5.70. The minimum absolute atomic E-state index is 0.162. The monoisotopic (exact) mass is 376 g/mol. The molecule has 0 amide bonds. The minimum Gasteiger partial charge on any atom is -0.460 e. The first-order valence-corrected chi connectivity index (χ1v) is 11.0. The lowest BCUT2D eigenvalue weighted by Crippen LogP contribution is -3.14. The Hall–Kier alpha value is -1.09. The molecule has 3 nitrogen and oxygen atoms in total. The summed E-state index contributed by atoms with van der Waals surface area (Å²) >= 11 is 0. The van der Waals surface area contributed by atoms with E-state index in [0.717, 1.165) is 18.4 Å². The highest BCUT2D eigenvalue weighted by atomic mass is 16.5. The van der Waals surface area contributed by atoms with Crippen LogP contribution in [0.15, 0.2) is 23.3 Å². The van der Waals surface area contributed by atoms with Crippen molar-refractivity contribution in [3.63, 3.8) is 0 Å². The van der Waals surface area contributed by atoms with Crippen molar-refractivity contribution in [2.75, 3.05) is 26.2 Å². The molecule has 0 bridgehead atoms. The zero-order chi connectivity index (χ0) is 20.1. The lowest BCUT2D eigenvalue weighted by Gasteiger charge is -2.39. The summed E-state index contributed by atoms with van der Waals surface area (Å²) in [5.74, 6) is 4.01. The summed E-state index contributed by atoms with van der Waals surface area (Å²) in [6.45, 7) is 19.5. The Balaban J connectivity index is 2.07. The van der Waals surface area contributed by atoms with E-state index in [1.165, 1.54) is 32.9 Å². The SMILES string of the molecule is CC(=O)OCC[NH+](C[C@@H]1[C@H](C)C=C(C)C[C@@H]1C)C[C@@H]1[C@@H](C)C=C(C)C[C@@H]1C. The smallest absolute Gasteiger partial charge is 0.302 e. The first kappa shape index (κ1) is 22.2. The molecule has 0 aliphatic heterocycles. The van der Waals surface area contributed by atoms with Crippen LogP contribution in [0.5, 0.6) is 0 Å². The molecule has 27 heavy (non-hydrogen) atoms. The van der Waals surface area contributed by atoms with Gasteiger partial charge in [-0.25, -0.2) is 0 Å². The molecule has 2 aliphatic rings. The summed E-state index contributed by atoms with van der Waals surface area (Å²) in [5.41, 5.74) is 3.09.